The third kappa shape index (κ3) is 4.80. The van der Waals surface area contributed by atoms with E-state index in [9.17, 15) is 9.59 Å². The number of amides is 1. The van der Waals surface area contributed by atoms with Gasteiger partial charge < -0.3 is 9.64 Å². The first-order valence-corrected chi connectivity index (χ1v) is 8.15. The molecule has 20 heavy (non-hydrogen) atoms. The van der Waals surface area contributed by atoms with Gasteiger partial charge in [0, 0.05) is 12.5 Å². The van der Waals surface area contributed by atoms with Crippen molar-refractivity contribution in [1.82, 2.24) is 4.90 Å². The van der Waals surface area contributed by atoms with E-state index in [-0.39, 0.29) is 18.4 Å². The predicted molar refractivity (Wildman–Crippen MR) is 77.2 cm³/mol. The van der Waals surface area contributed by atoms with E-state index in [1.807, 2.05) is 0 Å². The van der Waals surface area contributed by atoms with E-state index in [0.717, 1.165) is 25.2 Å². The highest BCUT2D eigenvalue weighted by Crippen LogP contribution is 2.30. The Labute approximate surface area is 121 Å². The van der Waals surface area contributed by atoms with E-state index in [1.54, 1.807) is 11.8 Å². The molecule has 0 saturated heterocycles. The van der Waals surface area contributed by atoms with Gasteiger partial charge in [-0.15, -0.1) is 0 Å². The van der Waals surface area contributed by atoms with Crippen molar-refractivity contribution in [2.75, 3.05) is 13.2 Å². The van der Waals surface area contributed by atoms with E-state index in [2.05, 4.69) is 0 Å². The van der Waals surface area contributed by atoms with Crippen LogP contribution in [0.3, 0.4) is 0 Å². The molecule has 0 aliphatic heterocycles. The molecule has 0 N–H and O–H groups in total. The van der Waals surface area contributed by atoms with Crippen LogP contribution in [0.2, 0.25) is 0 Å². The molecular weight excluding hydrogens is 254 g/mol. The number of hydrogen-bond acceptors (Lipinski definition) is 3. The Morgan fingerprint density at radius 1 is 1.10 bits per heavy atom. The largest absolute Gasteiger partial charge is 0.465 e. The monoisotopic (exact) mass is 281 g/mol. The predicted octanol–water partition coefficient (Wildman–Crippen LogP) is 2.90. The van der Waals surface area contributed by atoms with Crippen molar-refractivity contribution < 1.29 is 14.3 Å². The zero-order valence-corrected chi connectivity index (χ0v) is 12.6. The highest BCUT2D eigenvalue weighted by atomic mass is 16.5. The molecule has 4 nitrogen and oxygen atoms in total. The van der Waals surface area contributed by atoms with Crippen LogP contribution in [0.25, 0.3) is 0 Å². The van der Waals surface area contributed by atoms with Gasteiger partial charge in [0.15, 0.2) is 0 Å². The highest BCUT2D eigenvalue weighted by Gasteiger charge is 2.34. The van der Waals surface area contributed by atoms with E-state index < -0.39 is 0 Å². The summed E-state index contributed by atoms with van der Waals surface area (Å²) in [6.45, 7) is 2.32. The molecule has 4 heteroatoms. The van der Waals surface area contributed by atoms with Crippen LogP contribution >= 0.6 is 0 Å². The fourth-order valence-electron chi connectivity index (χ4n) is 3.10. The van der Waals surface area contributed by atoms with Crippen LogP contribution in [0.15, 0.2) is 0 Å². The van der Waals surface area contributed by atoms with Crippen LogP contribution in [-0.4, -0.2) is 36.0 Å². The number of esters is 1. The summed E-state index contributed by atoms with van der Waals surface area (Å²) in [5.41, 5.74) is 0. The standard InChI is InChI=1S/C16H27NO3/c1-2-20-16(19)12-17(14-9-10-14)15(18)11-8-13-6-4-3-5-7-13/h13-14H,2-12H2,1H3. The second-order valence-corrected chi connectivity index (χ2v) is 6.10. The van der Waals surface area contributed by atoms with Gasteiger partial charge in [-0.05, 0) is 32.1 Å². The molecule has 2 fully saturated rings. The molecule has 0 spiro atoms. The molecule has 0 aromatic carbocycles. The average Bonchev–Trinajstić information content (AvgIpc) is 3.28. The number of carbonyl (C=O) groups excluding carboxylic acids is 2. The van der Waals surface area contributed by atoms with Crippen molar-refractivity contribution in [3.8, 4) is 0 Å². The lowest BCUT2D eigenvalue weighted by Crippen LogP contribution is -2.38. The molecule has 114 valence electrons. The van der Waals surface area contributed by atoms with Crippen molar-refractivity contribution in [3.05, 3.63) is 0 Å². The van der Waals surface area contributed by atoms with Crippen molar-refractivity contribution in [2.24, 2.45) is 5.92 Å². The van der Waals surface area contributed by atoms with Gasteiger partial charge in [0.25, 0.3) is 0 Å². The fraction of sp³-hybridized carbons (Fsp3) is 0.875. The maximum Gasteiger partial charge on any atom is 0.325 e. The van der Waals surface area contributed by atoms with Crippen LogP contribution in [0, 0.1) is 5.92 Å². The molecule has 0 unspecified atom stereocenters. The molecule has 0 bridgehead atoms. The second kappa shape index (κ2) is 7.65. The lowest BCUT2D eigenvalue weighted by Gasteiger charge is -2.24. The Morgan fingerprint density at radius 2 is 1.80 bits per heavy atom. The van der Waals surface area contributed by atoms with E-state index in [4.69, 9.17) is 4.74 Å². The van der Waals surface area contributed by atoms with Crippen molar-refractivity contribution in [2.45, 2.75) is 70.8 Å². The van der Waals surface area contributed by atoms with Gasteiger partial charge in [-0.25, -0.2) is 0 Å². The number of hydrogen-bond donors (Lipinski definition) is 0. The van der Waals surface area contributed by atoms with Crippen LogP contribution in [0.4, 0.5) is 0 Å². The lowest BCUT2D eigenvalue weighted by atomic mass is 9.86. The first-order chi connectivity index (χ1) is 9.70. The van der Waals surface area contributed by atoms with Crippen LogP contribution < -0.4 is 0 Å². The van der Waals surface area contributed by atoms with Gasteiger partial charge in [0.05, 0.1) is 6.61 Å². The van der Waals surface area contributed by atoms with Gasteiger partial charge in [-0.3, -0.25) is 9.59 Å². The normalized spacial score (nSPS) is 19.6. The van der Waals surface area contributed by atoms with Crippen molar-refractivity contribution in [3.63, 3.8) is 0 Å². The quantitative estimate of drug-likeness (QED) is 0.674. The van der Waals surface area contributed by atoms with Crippen LogP contribution in [0.1, 0.15) is 64.7 Å². The molecule has 2 saturated carbocycles. The molecule has 0 aromatic rings. The van der Waals surface area contributed by atoms with Crippen LogP contribution in [-0.2, 0) is 14.3 Å². The Hall–Kier alpha value is -1.06. The van der Waals surface area contributed by atoms with Crippen molar-refractivity contribution >= 4 is 11.9 Å². The summed E-state index contributed by atoms with van der Waals surface area (Å²) in [7, 11) is 0. The molecule has 1 amide bonds. The van der Waals surface area contributed by atoms with Gasteiger partial charge in [0.2, 0.25) is 5.91 Å². The summed E-state index contributed by atoms with van der Waals surface area (Å²) in [5, 5.41) is 0. The molecular formula is C16H27NO3. The van der Waals surface area contributed by atoms with Gasteiger partial charge in [-0.1, -0.05) is 32.1 Å². The zero-order chi connectivity index (χ0) is 14.4. The SMILES string of the molecule is CCOC(=O)CN(C(=O)CCC1CCCCC1)C1CC1. The maximum atomic E-state index is 12.3. The first kappa shape index (κ1) is 15.3. The molecule has 2 rings (SSSR count). The van der Waals surface area contributed by atoms with Gasteiger partial charge in [0.1, 0.15) is 6.54 Å². The minimum absolute atomic E-state index is 0.141. The number of carbonyl (C=O) groups is 2. The lowest BCUT2D eigenvalue weighted by molar-refractivity contribution is -0.149. The van der Waals surface area contributed by atoms with Crippen molar-refractivity contribution in [1.29, 1.82) is 0 Å². The van der Waals surface area contributed by atoms with E-state index in [1.165, 1.54) is 32.1 Å². The van der Waals surface area contributed by atoms with Gasteiger partial charge >= 0.3 is 5.97 Å². The summed E-state index contributed by atoms with van der Waals surface area (Å²) >= 11 is 0. The van der Waals surface area contributed by atoms with Crippen LogP contribution in [0.5, 0.6) is 0 Å². The van der Waals surface area contributed by atoms with Gasteiger partial charge in [-0.2, -0.15) is 0 Å². The summed E-state index contributed by atoms with van der Waals surface area (Å²) in [6.07, 6.45) is 10.2. The minimum atomic E-state index is -0.273. The minimum Gasteiger partial charge on any atom is -0.465 e. The smallest absolute Gasteiger partial charge is 0.325 e. The molecule has 0 heterocycles. The second-order valence-electron chi connectivity index (χ2n) is 6.10. The molecule has 0 radical (unpaired) electrons. The molecule has 0 atom stereocenters. The first-order valence-electron chi connectivity index (χ1n) is 8.15. The summed E-state index contributed by atoms with van der Waals surface area (Å²) in [6, 6.07) is 0.290. The Balaban J connectivity index is 1.76. The third-order valence-electron chi connectivity index (χ3n) is 4.40. The number of rotatable bonds is 7. The molecule has 0 aromatic heterocycles. The number of nitrogens with zero attached hydrogens (tertiary/aromatic N) is 1. The summed E-state index contributed by atoms with van der Waals surface area (Å²) < 4.78 is 4.96. The topological polar surface area (TPSA) is 46.6 Å². The Bertz CT molecular complexity index is 333. The molecule has 2 aliphatic rings. The van der Waals surface area contributed by atoms with E-state index >= 15 is 0 Å². The van der Waals surface area contributed by atoms with E-state index in [0.29, 0.717) is 19.1 Å². The highest BCUT2D eigenvalue weighted by molar-refractivity contribution is 5.82. The maximum absolute atomic E-state index is 12.3. The Morgan fingerprint density at radius 3 is 2.40 bits per heavy atom. The summed E-state index contributed by atoms with van der Waals surface area (Å²) in [4.78, 5) is 25.7. The Kier molecular flexibility index (Phi) is 5.86. The zero-order valence-electron chi connectivity index (χ0n) is 12.6. The third-order valence-corrected chi connectivity index (χ3v) is 4.40. The molecule has 2 aliphatic carbocycles. The summed E-state index contributed by atoms with van der Waals surface area (Å²) in [5.74, 6) is 0.591. The number of ether oxygens (including phenoxy) is 1. The average molecular weight is 281 g/mol. The fourth-order valence-corrected chi connectivity index (χ4v) is 3.10.